The summed E-state index contributed by atoms with van der Waals surface area (Å²) in [5, 5.41) is 0.231. The Hall–Kier alpha value is -3.04. The van der Waals surface area contributed by atoms with Gasteiger partial charge < -0.3 is 9.47 Å². The summed E-state index contributed by atoms with van der Waals surface area (Å²) in [6.07, 6.45) is 1.58. The van der Waals surface area contributed by atoms with Gasteiger partial charge in [0.15, 0.2) is 17.4 Å². The standard InChI is InChI=1S/C20H16ClFN4O3S/c1-28-15-8-9-17(24-19(15)29-2)26-20(27)25(18-16(30-26)7-4-10-23-18)11-12-13(21)5-3-6-14(12)22/h3-10H,11H2,1-2H3. The van der Waals surface area contributed by atoms with Crippen LogP contribution < -0.4 is 18.7 Å². The molecule has 0 fully saturated rings. The number of halogens is 2. The number of nitrogens with zero attached hydrogens (tertiary/aromatic N) is 4. The van der Waals surface area contributed by atoms with E-state index in [0.717, 1.165) is 0 Å². The molecule has 0 aliphatic carbocycles. The number of carbonyl (C=O) groups excluding carboxylic acids is 1. The van der Waals surface area contributed by atoms with Gasteiger partial charge in [0, 0.05) is 28.7 Å². The van der Waals surface area contributed by atoms with E-state index in [2.05, 4.69) is 9.97 Å². The molecule has 10 heteroatoms. The molecule has 0 N–H and O–H groups in total. The Morgan fingerprint density at radius 3 is 2.70 bits per heavy atom. The van der Waals surface area contributed by atoms with Gasteiger partial charge in [0.2, 0.25) is 0 Å². The lowest BCUT2D eigenvalue weighted by Gasteiger charge is -2.34. The third-order valence-electron chi connectivity index (χ3n) is 4.41. The van der Waals surface area contributed by atoms with Crippen LogP contribution in [-0.4, -0.2) is 30.2 Å². The maximum Gasteiger partial charge on any atom is 0.342 e. The zero-order chi connectivity index (χ0) is 21.3. The van der Waals surface area contributed by atoms with Crippen molar-refractivity contribution in [2.24, 2.45) is 0 Å². The molecule has 30 heavy (non-hydrogen) atoms. The second-order valence-electron chi connectivity index (χ2n) is 6.16. The Morgan fingerprint density at radius 1 is 1.13 bits per heavy atom. The van der Waals surface area contributed by atoms with Gasteiger partial charge in [-0.3, -0.25) is 4.90 Å². The van der Waals surface area contributed by atoms with Crippen LogP contribution in [0.2, 0.25) is 5.02 Å². The number of fused-ring (bicyclic) bond motifs is 1. The lowest BCUT2D eigenvalue weighted by molar-refractivity contribution is 0.253. The number of methoxy groups -OCH3 is 2. The van der Waals surface area contributed by atoms with Crippen molar-refractivity contribution in [3.63, 3.8) is 0 Å². The number of rotatable bonds is 5. The molecule has 154 valence electrons. The number of hydrogen-bond acceptors (Lipinski definition) is 6. The number of ether oxygens (including phenoxy) is 2. The minimum absolute atomic E-state index is 0.0846. The van der Waals surface area contributed by atoms with Crippen molar-refractivity contribution in [2.45, 2.75) is 11.4 Å². The average molecular weight is 447 g/mol. The summed E-state index contributed by atoms with van der Waals surface area (Å²) in [4.78, 5) is 24.2. The zero-order valence-electron chi connectivity index (χ0n) is 16.0. The second kappa shape index (κ2) is 8.37. The molecule has 0 unspecified atom stereocenters. The molecule has 0 atom stereocenters. The molecule has 0 saturated heterocycles. The lowest BCUT2D eigenvalue weighted by Crippen LogP contribution is -2.43. The van der Waals surface area contributed by atoms with E-state index in [9.17, 15) is 9.18 Å². The highest BCUT2D eigenvalue weighted by Crippen LogP contribution is 2.41. The fourth-order valence-corrected chi connectivity index (χ4v) is 4.13. The molecular weight excluding hydrogens is 431 g/mol. The molecule has 1 aromatic carbocycles. The van der Waals surface area contributed by atoms with Crippen molar-refractivity contribution in [1.82, 2.24) is 9.97 Å². The third-order valence-corrected chi connectivity index (χ3v) is 5.81. The molecule has 0 saturated carbocycles. The van der Waals surface area contributed by atoms with E-state index in [1.807, 2.05) is 6.07 Å². The zero-order valence-corrected chi connectivity index (χ0v) is 17.6. The normalized spacial score (nSPS) is 13.3. The summed E-state index contributed by atoms with van der Waals surface area (Å²) in [7, 11) is 2.97. The van der Waals surface area contributed by atoms with Crippen molar-refractivity contribution < 1.29 is 18.7 Å². The van der Waals surface area contributed by atoms with Crippen molar-refractivity contribution in [3.05, 3.63) is 65.1 Å². The van der Waals surface area contributed by atoms with Crippen LogP contribution >= 0.6 is 23.5 Å². The predicted octanol–water partition coefficient (Wildman–Crippen LogP) is 4.94. The van der Waals surface area contributed by atoms with Gasteiger partial charge in [-0.1, -0.05) is 17.7 Å². The van der Waals surface area contributed by atoms with Crippen LogP contribution in [0.4, 0.5) is 20.8 Å². The largest absolute Gasteiger partial charge is 0.491 e. The number of pyridine rings is 2. The molecule has 2 aromatic heterocycles. The van der Waals surface area contributed by atoms with E-state index >= 15 is 0 Å². The van der Waals surface area contributed by atoms with Gasteiger partial charge in [0.05, 0.1) is 25.7 Å². The van der Waals surface area contributed by atoms with Gasteiger partial charge in [0.25, 0.3) is 5.88 Å². The Labute approximate surface area is 181 Å². The van der Waals surface area contributed by atoms with E-state index in [1.54, 1.807) is 30.5 Å². The maximum absolute atomic E-state index is 14.4. The van der Waals surface area contributed by atoms with Crippen LogP contribution in [-0.2, 0) is 6.54 Å². The molecule has 1 aliphatic rings. The van der Waals surface area contributed by atoms with Crippen molar-refractivity contribution >= 4 is 41.2 Å². The van der Waals surface area contributed by atoms with E-state index in [4.69, 9.17) is 21.1 Å². The summed E-state index contributed by atoms with van der Waals surface area (Å²) in [6.45, 7) is -0.0846. The first-order valence-electron chi connectivity index (χ1n) is 8.80. The van der Waals surface area contributed by atoms with Crippen LogP contribution in [0.25, 0.3) is 0 Å². The minimum Gasteiger partial charge on any atom is -0.491 e. The van der Waals surface area contributed by atoms with Crippen molar-refractivity contribution in [2.75, 3.05) is 23.4 Å². The molecular formula is C20H16ClFN4O3S. The van der Waals surface area contributed by atoms with E-state index < -0.39 is 11.8 Å². The monoisotopic (exact) mass is 446 g/mol. The Bertz CT molecular complexity index is 1100. The number of aromatic nitrogens is 2. The second-order valence-corrected chi connectivity index (χ2v) is 7.56. The number of hydrogen-bond donors (Lipinski definition) is 0. The van der Waals surface area contributed by atoms with Crippen LogP contribution in [0, 0.1) is 5.82 Å². The van der Waals surface area contributed by atoms with Gasteiger partial charge in [-0.2, -0.15) is 4.98 Å². The minimum atomic E-state index is -0.498. The first kappa shape index (κ1) is 20.2. The smallest absolute Gasteiger partial charge is 0.342 e. The molecule has 3 aromatic rings. The summed E-state index contributed by atoms with van der Waals surface area (Å²) in [5.41, 5.74) is 0.205. The summed E-state index contributed by atoms with van der Waals surface area (Å²) >= 11 is 7.36. The Kier molecular flexibility index (Phi) is 5.65. The number of benzene rings is 1. The highest BCUT2D eigenvalue weighted by atomic mass is 35.5. The van der Waals surface area contributed by atoms with E-state index in [0.29, 0.717) is 22.3 Å². The Balaban J connectivity index is 1.77. The molecule has 3 heterocycles. The van der Waals surface area contributed by atoms with Gasteiger partial charge >= 0.3 is 6.03 Å². The molecule has 0 radical (unpaired) electrons. The quantitative estimate of drug-likeness (QED) is 0.517. The topological polar surface area (TPSA) is 67.8 Å². The van der Waals surface area contributed by atoms with E-state index in [-0.39, 0.29) is 23.0 Å². The highest BCUT2D eigenvalue weighted by molar-refractivity contribution is 8.01. The fraction of sp³-hybridized carbons (Fsp3) is 0.150. The van der Waals surface area contributed by atoms with Crippen molar-refractivity contribution in [3.8, 4) is 11.6 Å². The van der Waals surface area contributed by atoms with Crippen LogP contribution in [0.3, 0.4) is 0 Å². The fourth-order valence-electron chi connectivity index (χ4n) is 2.96. The summed E-state index contributed by atoms with van der Waals surface area (Å²) in [6, 6.07) is 10.8. The van der Waals surface area contributed by atoms with Crippen LogP contribution in [0.5, 0.6) is 11.6 Å². The summed E-state index contributed by atoms with van der Waals surface area (Å²) < 4.78 is 26.3. The SMILES string of the molecule is COc1ccc(N2Sc3cccnc3N(Cc3c(F)cccc3Cl)C2=O)nc1OC. The third kappa shape index (κ3) is 3.61. The van der Waals surface area contributed by atoms with Gasteiger partial charge in [0.1, 0.15) is 5.82 Å². The van der Waals surface area contributed by atoms with Gasteiger partial charge in [-0.15, -0.1) is 0 Å². The van der Waals surface area contributed by atoms with Crippen LogP contribution in [0.15, 0.2) is 53.6 Å². The number of anilines is 2. The van der Waals surface area contributed by atoms with Crippen LogP contribution in [0.1, 0.15) is 5.56 Å². The first-order valence-corrected chi connectivity index (χ1v) is 9.95. The molecule has 2 amide bonds. The first-order chi connectivity index (χ1) is 14.5. The lowest BCUT2D eigenvalue weighted by atomic mass is 10.2. The molecule has 0 bridgehead atoms. The molecule has 4 rings (SSSR count). The number of urea groups is 1. The Morgan fingerprint density at radius 2 is 1.97 bits per heavy atom. The molecule has 7 nitrogen and oxygen atoms in total. The van der Waals surface area contributed by atoms with Gasteiger partial charge in [-0.05, 0) is 36.4 Å². The van der Waals surface area contributed by atoms with E-state index in [1.165, 1.54) is 47.5 Å². The number of carbonyl (C=O) groups is 1. The average Bonchev–Trinajstić information content (AvgIpc) is 2.77. The van der Waals surface area contributed by atoms with Gasteiger partial charge in [-0.25, -0.2) is 18.5 Å². The predicted molar refractivity (Wildman–Crippen MR) is 113 cm³/mol. The number of amides is 2. The molecule has 0 spiro atoms. The molecule has 1 aliphatic heterocycles. The maximum atomic E-state index is 14.4. The summed E-state index contributed by atoms with van der Waals surface area (Å²) in [5.74, 6) is 0.934. The highest BCUT2D eigenvalue weighted by Gasteiger charge is 2.35. The van der Waals surface area contributed by atoms with Crippen molar-refractivity contribution in [1.29, 1.82) is 0 Å².